The molecule has 26 aromatic rings. The van der Waals surface area contributed by atoms with E-state index >= 15 is 0 Å². The van der Waals surface area contributed by atoms with Gasteiger partial charge >= 0.3 is 0 Å². The standard InChI is InChI=1S/C46H35N3.C43H29N3O.C43H29N3S/c1-45(2)36-19-11-8-16-31(36)33-26-27-34-32-17-10-13-21-38(32)49(43(34)39(33)45)30-24-22-29(23-25-30)44-47-41(28-14-6-5-7-15-28)40-42(48-44)35-18-9-12-20-37(35)46(40,3)4;2*1-43(2)34-20-9-6-19-33(34)39-37(43)38(26-13-4-3-5-14-26)44-42(45-39)27-15-12-16-28(25-27)46-35-21-10-7-17-29(35)31-23-24-32-30-18-8-11-22-36(30)47-41(32)40(31)46/h5-27H,1-4H3;2*3-25H,1-2H3. The van der Waals surface area contributed by atoms with Crippen molar-refractivity contribution in [2.45, 2.75) is 77.0 Å². The Labute approximate surface area is 830 Å². The van der Waals surface area contributed by atoms with Crippen molar-refractivity contribution in [3.63, 3.8) is 0 Å². The molecule has 0 saturated carbocycles. The molecule has 0 unspecified atom stereocenters. The number of fused-ring (bicyclic) bond motifs is 30. The Balaban J connectivity index is 0.000000105. The van der Waals surface area contributed by atoms with Gasteiger partial charge in [0.15, 0.2) is 23.1 Å². The summed E-state index contributed by atoms with van der Waals surface area (Å²) in [6.45, 7) is 18.5. The molecule has 0 aliphatic heterocycles. The third kappa shape index (κ3) is 12.5. The summed E-state index contributed by atoms with van der Waals surface area (Å²) in [5.41, 5.74) is 40.2. The molecule has 30 rings (SSSR count). The molecule has 4 aliphatic carbocycles. The van der Waals surface area contributed by atoms with Crippen LogP contribution >= 0.6 is 11.3 Å². The van der Waals surface area contributed by atoms with Crippen LogP contribution in [0.4, 0.5) is 0 Å². The van der Waals surface area contributed by atoms with E-state index in [2.05, 4.69) is 476 Å². The maximum atomic E-state index is 6.59. The van der Waals surface area contributed by atoms with Gasteiger partial charge in [-0.15, -0.1) is 11.3 Å². The molecule has 0 saturated heterocycles. The van der Waals surface area contributed by atoms with E-state index in [-0.39, 0.29) is 21.7 Å². The molecule has 8 heterocycles. The Morgan fingerprint density at radius 1 is 0.217 bits per heavy atom. The molecule has 0 N–H and O–H groups in total. The van der Waals surface area contributed by atoms with Crippen molar-refractivity contribution in [2.24, 2.45) is 0 Å². The van der Waals surface area contributed by atoms with E-state index in [9.17, 15) is 0 Å². The highest BCUT2D eigenvalue weighted by Gasteiger charge is 2.45. The predicted molar refractivity (Wildman–Crippen MR) is 592 cm³/mol. The summed E-state index contributed by atoms with van der Waals surface area (Å²) in [4.78, 5) is 32.0. The number of thiophene rings is 1. The lowest BCUT2D eigenvalue weighted by Gasteiger charge is -2.24. The SMILES string of the molecule is CC1(C)c2ccccc2-c2nc(-c3ccc(-n4c5ccccc5c5ccc6c(c54)C(C)(C)c4ccccc4-6)cc3)nc(-c3ccccc3)c21.CC1(C)c2ccccc2-c2nc(-c3cccc(-n4c5ccccc5c5ccc6c7ccccc7oc6c54)c3)nc(-c3ccccc3)c21.CC1(C)c2ccccc2-c2nc(-c3cccc(-n4c5ccccc5c5ccc6c7ccccc7sc6c54)c3)nc(-c3ccccc3)c21. The second-order valence-electron chi connectivity index (χ2n) is 40.6. The third-order valence-corrected chi connectivity index (χ3v) is 32.3. The molecule has 143 heavy (non-hydrogen) atoms. The lowest BCUT2D eigenvalue weighted by molar-refractivity contribution is 0.657. The summed E-state index contributed by atoms with van der Waals surface area (Å²) in [6.07, 6.45) is 0. The van der Waals surface area contributed by atoms with Crippen LogP contribution in [0.2, 0.25) is 0 Å². The van der Waals surface area contributed by atoms with E-state index in [1.165, 1.54) is 141 Å². The first-order chi connectivity index (χ1) is 70.0. The molecule has 0 atom stereocenters. The van der Waals surface area contributed by atoms with Crippen LogP contribution in [-0.2, 0) is 21.7 Å². The Kier molecular flexibility index (Phi) is 18.5. The summed E-state index contributed by atoms with van der Waals surface area (Å²) in [5.74, 6) is 2.20. The molecule has 11 heteroatoms. The van der Waals surface area contributed by atoms with Gasteiger partial charge in [-0.1, -0.05) is 389 Å². The molecular weight excluding hydrogens is 1760 g/mol. The van der Waals surface area contributed by atoms with Gasteiger partial charge in [0.25, 0.3) is 0 Å². The molecule has 0 amide bonds. The number of benzene rings is 18. The first-order valence-electron chi connectivity index (χ1n) is 49.4. The van der Waals surface area contributed by atoms with Crippen LogP contribution in [-0.4, -0.2) is 43.6 Å². The Morgan fingerprint density at radius 3 is 1.05 bits per heavy atom. The maximum Gasteiger partial charge on any atom is 0.160 e. The largest absolute Gasteiger partial charge is 0.454 e. The lowest BCUT2D eigenvalue weighted by atomic mass is 9.81. The number of rotatable bonds is 9. The second-order valence-corrected chi connectivity index (χ2v) is 41.7. The van der Waals surface area contributed by atoms with Crippen LogP contribution < -0.4 is 0 Å². The predicted octanol–water partition coefficient (Wildman–Crippen LogP) is 34.2. The summed E-state index contributed by atoms with van der Waals surface area (Å²) in [7, 11) is 0. The summed E-state index contributed by atoms with van der Waals surface area (Å²) >= 11 is 1.88. The first-order valence-corrected chi connectivity index (χ1v) is 50.2. The first kappa shape index (κ1) is 83.8. The molecule has 678 valence electrons. The molecular formula is C132H93N9OS. The minimum Gasteiger partial charge on any atom is -0.454 e. The van der Waals surface area contributed by atoms with Gasteiger partial charge in [-0.05, 0) is 124 Å². The quantitative estimate of drug-likeness (QED) is 0.142. The highest BCUT2D eigenvalue weighted by atomic mass is 32.1. The summed E-state index contributed by atoms with van der Waals surface area (Å²) in [6, 6.07) is 150. The number of para-hydroxylation sites is 4. The summed E-state index contributed by atoms with van der Waals surface area (Å²) in [5, 5.41) is 12.3. The fraction of sp³-hybridized carbons (Fsp3) is 0.0909. The van der Waals surface area contributed by atoms with Crippen molar-refractivity contribution in [1.29, 1.82) is 0 Å². The monoisotopic (exact) mass is 1850 g/mol. The normalized spacial score (nSPS) is 14.0. The zero-order valence-corrected chi connectivity index (χ0v) is 81.0. The molecule has 0 radical (unpaired) electrons. The molecule has 0 fully saturated rings. The van der Waals surface area contributed by atoms with Crippen LogP contribution in [0, 0.1) is 0 Å². The number of nitrogens with zero attached hydrogens (tertiary/aromatic N) is 9. The Morgan fingerprint density at radius 2 is 0.559 bits per heavy atom. The van der Waals surface area contributed by atoms with Crippen molar-refractivity contribution in [3.8, 4) is 130 Å². The van der Waals surface area contributed by atoms with Gasteiger partial charge in [0, 0.05) is 164 Å². The van der Waals surface area contributed by atoms with Crippen LogP contribution in [0.3, 0.4) is 0 Å². The fourth-order valence-electron chi connectivity index (χ4n) is 24.6. The fourth-order valence-corrected chi connectivity index (χ4v) is 25.8. The van der Waals surface area contributed by atoms with E-state index in [0.29, 0.717) is 5.82 Å². The van der Waals surface area contributed by atoms with Crippen molar-refractivity contribution < 1.29 is 4.42 Å². The molecule has 8 aromatic heterocycles. The third-order valence-electron chi connectivity index (χ3n) is 31.1. The molecule has 18 aromatic carbocycles. The number of hydrogen-bond donors (Lipinski definition) is 0. The van der Waals surface area contributed by atoms with Gasteiger partial charge in [0.1, 0.15) is 5.58 Å². The number of aromatic nitrogens is 9. The second kappa shape index (κ2) is 31.6. The highest BCUT2D eigenvalue weighted by Crippen LogP contribution is 2.58. The number of furan rings is 1. The van der Waals surface area contributed by atoms with Gasteiger partial charge in [-0.3, -0.25) is 0 Å². The Bertz CT molecular complexity index is 9480. The van der Waals surface area contributed by atoms with E-state index in [1.807, 2.05) is 23.5 Å². The van der Waals surface area contributed by atoms with E-state index in [1.54, 1.807) is 0 Å². The minimum atomic E-state index is -0.224. The van der Waals surface area contributed by atoms with E-state index < -0.39 is 0 Å². The average Bonchev–Trinajstić information content (AvgIpc) is 1.52. The lowest BCUT2D eigenvalue weighted by Crippen LogP contribution is -2.17. The molecule has 4 aliphatic rings. The number of hydrogen-bond acceptors (Lipinski definition) is 8. The van der Waals surface area contributed by atoms with Gasteiger partial charge < -0.3 is 18.1 Å². The van der Waals surface area contributed by atoms with Crippen molar-refractivity contribution in [1.82, 2.24) is 43.6 Å². The van der Waals surface area contributed by atoms with Crippen LogP contribution in [0.5, 0.6) is 0 Å². The molecule has 10 nitrogen and oxygen atoms in total. The zero-order valence-electron chi connectivity index (χ0n) is 80.2. The van der Waals surface area contributed by atoms with Gasteiger partial charge in [0.2, 0.25) is 0 Å². The average molecular weight is 1850 g/mol. The van der Waals surface area contributed by atoms with Gasteiger partial charge in [-0.2, -0.15) is 0 Å². The topological polar surface area (TPSA) is 105 Å². The van der Waals surface area contributed by atoms with Crippen molar-refractivity contribution in [2.75, 3.05) is 0 Å². The zero-order chi connectivity index (χ0) is 95.6. The van der Waals surface area contributed by atoms with Crippen molar-refractivity contribution >= 4 is 119 Å². The van der Waals surface area contributed by atoms with Crippen LogP contribution in [0.15, 0.2) is 423 Å². The molecule has 0 spiro atoms. The highest BCUT2D eigenvalue weighted by molar-refractivity contribution is 7.26. The smallest absolute Gasteiger partial charge is 0.160 e. The van der Waals surface area contributed by atoms with Gasteiger partial charge in [0.05, 0.1) is 72.0 Å². The van der Waals surface area contributed by atoms with Crippen LogP contribution in [0.25, 0.3) is 237 Å². The molecule has 0 bridgehead atoms. The van der Waals surface area contributed by atoms with E-state index in [4.69, 9.17) is 34.3 Å². The van der Waals surface area contributed by atoms with Crippen LogP contribution in [0.1, 0.15) is 99.9 Å². The van der Waals surface area contributed by atoms with E-state index in [0.717, 1.165) is 135 Å². The minimum absolute atomic E-state index is 0.131. The maximum absolute atomic E-state index is 6.59. The summed E-state index contributed by atoms with van der Waals surface area (Å²) < 4.78 is 16.5. The van der Waals surface area contributed by atoms with Gasteiger partial charge in [-0.25, -0.2) is 29.9 Å². The van der Waals surface area contributed by atoms with Crippen molar-refractivity contribution in [3.05, 3.63) is 463 Å². The Hall–Kier alpha value is -17.4.